The van der Waals surface area contributed by atoms with E-state index in [1.165, 1.54) is 62.8 Å². The monoisotopic (exact) mass is 1770 g/mol. The number of aliphatic hydroxyl groups excluding tert-OH is 6. The van der Waals surface area contributed by atoms with Crippen LogP contribution < -0.4 is 78.6 Å². The van der Waals surface area contributed by atoms with Crippen LogP contribution in [0.5, 0.6) is 46.0 Å². The summed E-state index contributed by atoms with van der Waals surface area (Å²) in [5, 5.41) is 130. The van der Waals surface area contributed by atoms with Crippen LogP contribution in [0.4, 0.5) is 5.69 Å². The lowest BCUT2D eigenvalue weighted by molar-refractivity contribution is -0.334. The van der Waals surface area contributed by atoms with Gasteiger partial charge in [-0.05, 0) is 145 Å². The van der Waals surface area contributed by atoms with Gasteiger partial charge in [0, 0.05) is 64.0 Å². The quantitative estimate of drug-likeness (QED) is 0.0486. The summed E-state index contributed by atoms with van der Waals surface area (Å²) in [5.74, 6) is -15.6. The van der Waals surface area contributed by atoms with Crippen LogP contribution in [-0.4, -0.2) is 203 Å². The molecule has 9 amide bonds. The Morgan fingerprint density at radius 2 is 1.34 bits per heavy atom. The predicted molar refractivity (Wildman–Crippen MR) is 435 cm³/mol. The number of nitrogens with zero attached hydrogens (tertiary/aromatic N) is 1. The second kappa shape index (κ2) is 38.3. The van der Waals surface area contributed by atoms with Crippen LogP contribution in [0, 0.1) is 5.92 Å². The van der Waals surface area contributed by atoms with E-state index in [4.69, 9.17) is 80.6 Å². The minimum Gasteiger partial charge on any atom is -0.508 e. The van der Waals surface area contributed by atoms with Crippen molar-refractivity contribution in [3.63, 3.8) is 0 Å². The van der Waals surface area contributed by atoms with E-state index < -0.39 is 237 Å². The zero-order chi connectivity index (χ0) is 88.2. The molecule has 0 radical (unpaired) electrons. The molecular weight excluding hydrogens is 1680 g/mol. The van der Waals surface area contributed by atoms with Crippen molar-refractivity contribution >= 4 is 105 Å². The molecule has 18 unspecified atom stereocenters. The Bertz CT molecular complexity index is 5180. The number of nitrogens with two attached hydrogens (primary N) is 1. The zero-order valence-electron chi connectivity index (χ0n) is 65.8. The highest BCUT2D eigenvalue weighted by atomic mass is 35.5. The van der Waals surface area contributed by atoms with E-state index in [0.29, 0.717) is 5.56 Å². The third-order valence-corrected chi connectivity index (χ3v) is 22.0. The summed E-state index contributed by atoms with van der Waals surface area (Å²) < 4.78 is 39.5. The van der Waals surface area contributed by atoms with Crippen molar-refractivity contribution in [2.75, 3.05) is 25.5 Å². The largest absolute Gasteiger partial charge is 0.508 e. The van der Waals surface area contributed by atoms with Crippen LogP contribution in [0.1, 0.15) is 128 Å². The lowest BCUT2D eigenvalue weighted by Gasteiger charge is -2.48. The number of hydrogen-bond acceptors (Lipinski definition) is 28. The Morgan fingerprint density at radius 3 is 1.97 bits per heavy atom. The summed E-state index contributed by atoms with van der Waals surface area (Å²) in [7, 11) is 1.47. The molecule has 18 atom stereocenters. The fraction of sp³-hybridized carbons (Fsp3) is 0.383. The van der Waals surface area contributed by atoms with E-state index in [0.717, 1.165) is 60.7 Å². The van der Waals surface area contributed by atoms with Gasteiger partial charge in [-0.2, -0.15) is 0 Å². The molecule has 650 valence electrons. The van der Waals surface area contributed by atoms with Crippen LogP contribution in [-0.2, 0) is 59.1 Å². The fourth-order valence-electron chi connectivity index (χ4n) is 14.7. The number of aliphatic hydroxyl groups is 6. The number of rotatable bonds is 20. The number of nitrogens with one attached hydrogen (secondary N) is 11. The number of aromatic nitrogens is 1. The topological polar surface area (TPSA) is 562 Å². The number of carbonyl (C=O) groups is 9. The van der Waals surface area contributed by atoms with E-state index in [2.05, 4.69) is 63.7 Å². The van der Waals surface area contributed by atoms with E-state index in [-0.39, 0.29) is 86.2 Å². The second-order valence-electron chi connectivity index (χ2n) is 30.4. The summed E-state index contributed by atoms with van der Waals surface area (Å²) in [6, 6.07) is 5.90. The van der Waals surface area contributed by atoms with Crippen molar-refractivity contribution in [1.29, 1.82) is 0 Å². The average molecular weight is 1770 g/mol. The molecule has 0 spiro atoms. The first-order valence-electron chi connectivity index (χ1n) is 38.4. The lowest BCUT2D eigenvalue weighted by Crippen LogP contribution is -2.65. The fourth-order valence-corrected chi connectivity index (χ4v) is 15.7. The standard InChI is InChI=1S/C81H89Cl4N13O24/c1-7-90-98-79(116)62-45-24-43(100)25-51(102)59(45)44-18-35(8-11-50(44)101)60-75(112)97-64(78(115)95-62)66(105)37-10-13-53(47(85)20-37)119-55-22-38-21-54(118-52-12-9-36(19-46(52)84)65(104)63(96-73(110)48(87-6)14-32(2)3)77(114)92-49(26-57(86)103)74(111)93-61(38)76(113)94-60)69(55)122-80-70(68(107)67(106)56(31-99)120-80)121-58-27-81(5,71(108)33(4)117-58)89-29-34-15-42(30-88-28-34)91-72(109)39-16-40(82)23-41(83)17-39/h8-13,15-25,28,30,32-33,48-49,56,58,60-68,70-71,80,87,89-90,99-102,104-108H,7,14,26-27,29,31H2,1-6H3,(H2,86,103)(H,91,109)(H,92,114)(H,93,111)(H,94,113)(H,95,115)(H,96,110)(H,97,112)(H,98,116). The maximum atomic E-state index is 16.3. The molecule has 1 aromatic heterocycles. The van der Waals surface area contributed by atoms with Gasteiger partial charge in [-0.3, -0.25) is 53.6 Å². The molecule has 7 aliphatic heterocycles. The minimum absolute atomic E-state index is 0.0149. The van der Waals surface area contributed by atoms with Gasteiger partial charge in [0.2, 0.25) is 53.4 Å². The second-order valence-corrected chi connectivity index (χ2v) is 32.0. The highest BCUT2D eigenvalue weighted by Gasteiger charge is 2.52. The van der Waals surface area contributed by atoms with Crippen molar-refractivity contribution in [3.8, 4) is 57.1 Å². The number of likely N-dealkylation sites (N-methyl/N-ethyl adjacent to an activating group) is 1. The molecule has 0 saturated carbocycles. The van der Waals surface area contributed by atoms with Crippen LogP contribution in [0.15, 0.2) is 116 Å². The summed E-state index contributed by atoms with van der Waals surface area (Å²) >= 11 is 26.7. The predicted octanol–water partition coefficient (Wildman–Crippen LogP) is 3.45. The first-order chi connectivity index (χ1) is 57.9. The number of pyridine rings is 1. The third-order valence-electron chi connectivity index (χ3n) is 21.0. The van der Waals surface area contributed by atoms with Crippen molar-refractivity contribution in [2.24, 2.45) is 11.7 Å². The first kappa shape index (κ1) is 90.4. The van der Waals surface area contributed by atoms with Gasteiger partial charge < -0.3 is 128 Å². The number of hydrogen-bond donors (Lipinski definition) is 21. The van der Waals surface area contributed by atoms with Gasteiger partial charge in [-0.25, -0.2) is 5.43 Å². The van der Waals surface area contributed by atoms with E-state index in [1.807, 2.05) is 13.8 Å². The molecular formula is C81H89Cl4N13O24. The van der Waals surface area contributed by atoms with Crippen LogP contribution in [0.25, 0.3) is 11.1 Å². The number of anilines is 1. The highest BCUT2D eigenvalue weighted by Crippen LogP contribution is 2.50. The van der Waals surface area contributed by atoms with Gasteiger partial charge in [-0.15, -0.1) is 0 Å². The molecule has 2 fully saturated rings. The van der Waals surface area contributed by atoms with Crippen molar-refractivity contribution in [2.45, 2.75) is 170 Å². The Labute approximate surface area is 715 Å². The van der Waals surface area contributed by atoms with Gasteiger partial charge in [0.25, 0.3) is 11.8 Å². The molecule has 41 heteroatoms. The van der Waals surface area contributed by atoms with Crippen LogP contribution in [0.2, 0.25) is 20.1 Å². The number of aromatic hydroxyl groups is 3. The van der Waals surface area contributed by atoms with Gasteiger partial charge in [-0.1, -0.05) is 85.4 Å². The molecule has 7 aliphatic rings. The smallest absolute Gasteiger partial charge is 0.261 e. The average Bonchev–Trinajstić information content (AvgIpc) is 0.765. The number of halogens is 4. The van der Waals surface area contributed by atoms with Gasteiger partial charge >= 0.3 is 0 Å². The Balaban J connectivity index is 1.03. The molecule has 7 aromatic rings. The molecule has 2 saturated heterocycles. The van der Waals surface area contributed by atoms with Gasteiger partial charge in [0.05, 0.1) is 53.2 Å². The SMILES string of the molecule is CCNNC(=O)C1NC(=O)C2NC(=O)C(NC(=O)C3NC(=O)C(CC(N)=O)NC(=O)C(NC(=O)C(CC(C)C)NC)C(O)c4ccc(c(Cl)c4)Oc4cc3cc(c4OC3OC(CO)C(O)C(O)C3OC3CC(C)(NCc4cncc(NC(=O)c5cc(Cl)cc(Cl)c5)c4)C(O)C(C)O3)Oc3ccc(cc3Cl)C2O)c2ccc(O)c(c2)-c2c(O)cc(O)cc21. The molecule has 14 rings (SSSR count). The third kappa shape index (κ3) is 20.3. The number of ether oxygens (including phenoxy) is 6. The number of phenols is 3. The number of primary amides is 1. The molecule has 0 aliphatic carbocycles. The zero-order valence-corrected chi connectivity index (χ0v) is 68.8. The van der Waals surface area contributed by atoms with Crippen molar-refractivity contribution < 1.29 is 118 Å². The molecule has 37 nitrogen and oxygen atoms in total. The van der Waals surface area contributed by atoms with Crippen LogP contribution >= 0.6 is 46.4 Å². The summed E-state index contributed by atoms with van der Waals surface area (Å²) in [5.41, 5.74) is 7.89. The number of carbonyl (C=O) groups excluding carboxylic acids is 9. The van der Waals surface area contributed by atoms with Crippen LogP contribution in [0.3, 0.4) is 0 Å². The number of fused-ring (bicyclic) bond motifs is 15. The van der Waals surface area contributed by atoms with E-state index in [1.54, 1.807) is 19.9 Å². The first-order valence-corrected chi connectivity index (χ1v) is 39.9. The van der Waals surface area contributed by atoms with Crippen molar-refractivity contribution in [1.82, 2.24) is 58.4 Å². The Morgan fingerprint density at radius 1 is 0.697 bits per heavy atom. The van der Waals surface area contributed by atoms with Gasteiger partial charge in [0.15, 0.2) is 23.9 Å². The number of benzene rings is 6. The Hall–Kier alpha value is -10.8. The van der Waals surface area contributed by atoms with Crippen molar-refractivity contribution in [3.05, 3.63) is 175 Å². The Kier molecular flexibility index (Phi) is 28.4. The summed E-state index contributed by atoms with van der Waals surface area (Å²) in [4.78, 5) is 137. The maximum absolute atomic E-state index is 16.3. The molecule has 122 heavy (non-hydrogen) atoms. The molecule has 11 bridgehead atoms. The van der Waals surface area contributed by atoms with E-state index >= 15 is 24.0 Å². The summed E-state index contributed by atoms with van der Waals surface area (Å²) in [6.07, 6.45) is -16.3. The normalized spacial score (nSPS) is 26.3. The maximum Gasteiger partial charge on any atom is 0.261 e. The highest BCUT2D eigenvalue weighted by molar-refractivity contribution is 6.35. The number of phenolic OH excluding ortho intramolecular Hbond substituents is 3. The van der Waals surface area contributed by atoms with E-state index in [9.17, 15) is 65.1 Å². The lowest BCUT2D eigenvalue weighted by atomic mass is 9.84. The minimum atomic E-state index is -2.37. The van der Waals surface area contributed by atoms with Gasteiger partial charge in [0.1, 0.15) is 95.5 Å². The summed E-state index contributed by atoms with van der Waals surface area (Å²) in [6.45, 7) is 7.49. The molecule has 22 N–H and O–H groups in total. The molecule has 8 heterocycles. The number of amides is 9. The molecule has 6 aromatic carbocycles. The number of hydrazine groups is 1.